The van der Waals surface area contributed by atoms with E-state index in [0.717, 1.165) is 11.8 Å². The third-order valence-corrected chi connectivity index (χ3v) is 6.22. The molecule has 1 amide bonds. The summed E-state index contributed by atoms with van der Waals surface area (Å²) in [6.45, 7) is 5.95. The van der Waals surface area contributed by atoms with Crippen molar-refractivity contribution in [1.82, 2.24) is 5.32 Å². The highest BCUT2D eigenvalue weighted by Gasteiger charge is 2.20. The fraction of sp³-hybridized carbons (Fsp3) is 0.381. The number of carbonyl (C=O) groups excluding carboxylic acids is 1. The van der Waals surface area contributed by atoms with Gasteiger partial charge >= 0.3 is 0 Å². The lowest BCUT2D eigenvalue weighted by Crippen LogP contribution is -2.33. The standard InChI is InChI=1S/C21H27ClN2O3S/c1-15-10-12-18(13-11-15)17(3)23-21(25)9-6-14-24(28(4,26)27)20-8-5-7-19(22)16(20)2/h5,7-8,10-13,17H,6,9,14H2,1-4H3,(H,23,25)/t17-/m0/s1. The Kier molecular flexibility index (Phi) is 7.49. The number of hydrogen-bond donors (Lipinski definition) is 1. The van der Waals surface area contributed by atoms with Crippen molar-refractivity contribution in [3.05, 3.63) is 64.2 Å². The van der Waals surface area contributed by atoms with Gasteiger partial charge in [0.1, 0.15) is 0 Å². The third-order valence-electron chi connectivity index (χ3n) is 4.63. The zero-order chi connectivity index (χ0) is 20.9. The van der Waals surface area contributed by atoms with Crippen molar-refractivity contribution in [3.63, 3.8) is 0 Å². The number of aryl methyl sites for hydroxylation is 1. The number of hydrogen-bond acceptors (Lipinski definition) is 3. The molecule has 5 nitrogen and oxygen atoms in total. The molecule has 0 aliphatic carbocycles. The van der Waals surface area contributed by atoms with Crippen LogP contribution in [-0.2, 0) is 14.8 Å². The fourth-order valence-corrected chi connectivity index (χ4v) is 4.15. The lowest BCUT2D eigenvalue weighted by atomic mass is 10.1. The zero-order valence-electron chi connectivity index (χ0n) is 16.7. The number of nitrogens with one attached hydrogen (secondary N) is 1. The predicted octanol–water partition coefficient (Wildman–Crippen LogP) is 4.38. The number of nitrogens with zero attached hydrogens (tertiary/aromatic N) is 1. The van der Waals surface area contributed by atoms with E-state index in [9.17, 15) is 13.2 Å². The van der Waals surface area contributed by atoms with Crippen LogP contribution in [0.15, 0.2) is 42.5 Å². The summed E-state index contributed by atoms with van der Waals surface area (Å²) in [4.78, 5) is 12.3. The van der Waals surface area contributed by atoms with E-state index in [4.69, 9.17) is 11.6 Å². The van der Waals surface area contributed by atoms with E-state index in [1.807, 2.05) is 38.1 Å². The molecule has 0 aliphatic rings. The van der Waals surface area contributed by atoms with Gasteiger partial charge in [-0.2, -0.15) is 0 Å². The highest BCUT2D eigenvalue weighted by atomic mass is 35.5. The molecule has 0 aromatic heterocycles. The second-order valence-electron chi connectivity index (χ2n) is 7.02. The number of anilines is 1. The van der Waals surface area contributed by atoms with Crippen LogP contribution in [0, 0.1) is 13.8 Å². The Morgan fingerprint density at radius 2 is 1.79 bits per heavy atom. The molecule has 152 valence electrons. The van der Waals surface area contributed by atoms with Gasteiger partial charge in [0.05, 0.1) is 18.0 Å². The quantitative estimate of drug-likeness (QED) is 0.686. The Balaban J connectivity index is 1.97. The monoisotopic (exact) mass is 422 g/mol. The van der Waals surface area contributed by atoms with Gasteiger partial charge in [-0.05, 0) is 50.5 Å². The first-order valence-corrected chi connectivity index (χ1v) is 11.4. The summed E-state index contributed by atoms with van der Waals surface area (Å²) >= 11 is 6.13. The van der Waals surface area contributed by atoms with E-state index < -0.39 is 10.0 Å². The van der Waals surface area contributed by atoms with Crippen LogP contribution in [0.4, 0.5) is 5.69 Å². The normalized spacial score (nSPS) is 12.5. The molecule has 0 saturated carbocycles. The molecule has 0 spiro atoms. The zero-order valence-corrected chi connectivity index (χ0v) is 18.3. The first-order valence-electron chi connectivity index (χ1n) is 9.18. The molecule has 0 heterocycles. The third kappa shape index (κ3) is 5.97. The maximum Gasteiger partial charge on any atom is 0.232 e. The lowest BCUT2D eigenvalue weighted by Gasteiger charge is -2.24. The number of halogens is 1. The molecular weight excluding hydrogens is 396 g/mol. The van der Waals surface area contributed by atoms with Crippen molar-refractivity contribution in [2.45, 2.75) is 39.7 Å². The molecule has 1 N–H and O–H groups in total. The number of benzene rings is 2. The maximum absolute atomic E-state index is 12.3. The second-order valence-corrected chi connectivity index (χ2v) is 9.34. The van der Waals surface area contributed by atoms with Crippen molar-refractivity contribution in [3.8, 4) is 0 Å². The van der Waals surface area contributed by atoms with Crippen LogP contribution in [-0.4, -0.2) is 27.1 Å². The Bertz CT molecular complexity index is 927. The van der Waals surface area contributed by atoms with Gasteiger partial charge in [0.2, 0.25) is 15.9 Å². The maximum atomic E-state index is 12.3. The Morgan fingerprint density at radius 1 is 1.14 bits per heavy atom. The number of rotatable bonds is 8. The minimum Gasteiger partial charge on any atom is -0.350 e. The molecule has 2 rings (SSSR count). The predicted molar refractivity (Wildman–Crippen MR) is 115 cm³/mol. The molecule has 0 radical (unpaired) electrons. The molecule has 0 unspecified atom stereocenters. The van der Waals surface area contributed by atoms with E-state index in [0.29, 0.717) is 22.7 Å². The molecule has 28 heavy (non-hydrogen) atoms. The van der Waals surface area contributed by atoms with Crippen molar-refractivity contribution < 1.29 is 13.2 Å². The number of amides is 1. The van der Waals surface area contributed by atoms with Crippen LogP contribution in [0.3, 0.4) is 0 Å². The second kappa shape index (κ2) is 9.43. The van der Waals surface area contributed by atoms with Gasteiger partial charge in [-0.3, -0.25) is 9.10 Å². The molecule has 0 saturated heterocycles. The molecular formula is C21H27ClN2O3S. The van der Waals surface area contributed by atoms with Gasteiger partial charge in [-0.15, -0.1) is 0 Å². The molecule has 1 atom stereocenters. The highest BCUT2D eigenvalue weighted by Crippen LogP contribution is 2.28. The van der Waals surface area contributed by atoms with Crippen LogP contribution in [0.1, 0.15) is 42.5 Å². The first-order chi connectivity index (χ1) is 13.1. The Labute approximate surface area is 172 Å². The van der Waals surface area contributed by atoms with Crippen LogP contribution in [0.5, 0.6) is 0 Å². The highest BCUT2D eigenvalue weighted by molar-refractivity contribution is 7.92. The summed E-state index contributed by atoms with van der Waals surface area (Å²) < 4.78 is 25.8. The van der Waals surface area contributed by atoms with Crippen LogP contribution in [0.25, 0.3) is 0 Å². The molecule has 0 aliphatic heterocycles. The number of sulfonamides is 1. The Hall–Kier alpha value is -2.05. The Morgan fingerprint density at radius 3 is 2.39 bits per heavy atom. The summed E-state index contributed by atoms with van der Waals surface area (Å²) in [5.74, 6) is -0.107. The van der Waals surface area contributed by atoms with E-state index in [2.05, 4.69) is 5.32 Å². The summed E-state index contributed by atoms with van der Waals surface area (Å²) in [7, 11) is -3.48. The van der Waals surface area contributed by atoms with Gasteiger partial charge in [-0.25, -0.2) is 8.42 Å². The summed E-state index contributed by atoms with van der Waals surface area (Å²) in [5, 5.41) is 3.47. The van der Waals surface area contributed by atoms with Crippen LogP contribution in [0.2, 0.25) is 5.02 Å². The summed E-state index contributed by atoms with van der Waals surface area (Å²) in [6, 6.07) is 13.1. The number of carbonyl (C=O) groups is 1. The van der Waals surface area contributed by atoms with E-state index in [1.165, 1.54) is 9.87 Å². The largest absolute Gasteiger partial charge is 0.350 e. The average Bonchev–Trinajstić information content (AvgIpc) is 2.61. The van der Waals surface area contributed by atoms with E-state index in [-0.39, 0.29) is 24.9 Å². The SMILES string of the molecule is Cc1ccc([C@H](C)NC(=O)CCCN(c2cccc(Cl)c2C)S(C)(=O)=O)cc1. The van der Waals surface area contributed by atoms with Gasteiger partial charge in [0.15, 0.2) is 0 Å². The van der Waals surface area contributed by atoms with E-state index in [1.54, 1.807) is 25.1 Å². The van der Waals surface area contributed by atoms with Gasteiger partial charge in [-0.1, -0.05) is 47.5 Å². The smallest absolute Gasteiger partial charge is 0.232 e. The fourth-order valence-electron chi connectivity index (χ4n) is 2.97. The topological polar surface area (TPSA) is 66.5 Å². The van der Waals surface area contributed by atoms with E-state index >= 15 is 0 Å². The average molecular weight is 423 g/mol. The molecule has 2 aromatic carbocycles. The van der Waals surface area contributed by atoms with Crippen molar-refractivity contribution >= 4 is 33.2 Å². The summed E-state index contributed by atoms with van der Waals surface area (Å²) in [5.41, 5.74) is 3.45. The van der Waals surface area contributed by atoms with Crippen LogP contribution < -0.4 is 9.62 Å². The molecule has 0 bridgehead atoms. The van der Waals surface area contributed by atoms with Crippen molar-refractivity contribution in [2.24, 2.45) is 0 Å². The van der Waals surface area contributed by atoms with Gasteiger partial charge < -0.3 is 5.32 Å². The first kappa shape index (κ1) is 22.2. The molecule has 0 fully saturated rings. The van der Waals surface area contributed by atoms with Gasteiger partial charge in [0.25, 0.3) is 0 Å². The van der Waals surface area contributed by atoms with Crippen molar-refractivity contribution in [1.29, 1.82) is 0 Å². The molecule has 2 aromatic rings. The lowest BCUT2D eigenvalue weighted by molar-refractivity contribution is -0.121. The van der Waals surface area contributed by atoms with Crippen LogP contribution >= 0.6 is 11.6 Å². The minimum absolute atomic E-state index is 0.103. The van der Waals surface area contributed by atoms with Crippen molar-refractivity contribution in [2.75, 3.05) is 17.1 Å². The summed E-state index contributed by atoms with van der Waals surface area (Å²) in [6.07, 6.45) is 1.81. The molecule has 7 heteroatoms. The minimum atomic E-state index is -3.48. The van der Waals surface area contributed by atoms with Gasteiger partial charge in [0, 0.05) is 18.0 Å².